The lowest BCUT2D eigenvalue weighted by atomic mass is 10.2. The van der Waals surface area contributed by atoms with Crippen molar-refractivity contribution in [3.63, 3.8) is 0 Å². The number of ether oxygens (including phenoxy) is 2. The number of nitrogens with zero attached hydrogens (tertiary/aromatic N) is 5. The molecule has 1 amide bonds. The summed E-state index contributed by atoms with van der Waals surface area (Å²) in [6.45, 7) is 1.06. The molecule has 0 spiro atoms. The highest BCUT2D eigenvalue weighted by atomic mass is 16.5. The van der Waals surface area contributed by atoms with Crippen molar-refractivity contribution in [2.24, 2.45) is 0 Å². The highest BCUT2D eigenvalue weighted by molar-refractivity contribution is 6.03. The Morgan fingerprint density at radius 1 is 0.967 bits per heavy atom. The molecule has 2 aromatic carbocycles. The summed E-state index contributed by atoms with van der Waals surface area (Å²) in [6.07, 6.45) is 6.23. The lowest BCUT2D eigenvalue weighted by Crippen LogP contribution is -2.13. The largest absolute Gasteiger partial charge is 0.492 e. The van der Waals surface area contributed by atoms with Gasteiger partial charge < -0.3 is 14.8 Å². The normalized spacial score (nSPS) is 10.4. The molecule has 0 saturated carbocycles. The van der Waals surface area contributed by atoms with Crippen molar-refractivity contribution in [2.75, 3.05) is 11.9 Å². The summed E-state index contributed by atoms with van der Waals surface area (Å²) in [5.41, 5.74) is 0.955. The van der Waals surface area contributed by atoms with Gasteiger partial charge in [-0.3, -0.25) is 4.79 Å². The number of hydrogen-bond donors (Lipinski definition) is 1. The Morgan fingerprint density at radius 2 is 1.73 bits per heavy atom. The third kappa shape index (κ3) is 5.16. The lowest BCUT2D eigenvalue weighted by Gasteiger charge is -2.08. The van der Waals surface area contributed by atoms with E-state index in [9.17, 15) is 4.79 Å². The minimum Gasteiger partial charge on any atom is -0.492 e. The minimum atomic E-state index is -0.318. The van der Waals surface area contributed by atoms with Gasteiger partial charge in [0.05, 0.1) is 18.3 Å². The van der Waals surface area contributed by atoms with Crippen molar-refractivity contribution in [3.05, 3.63) is 84.9 Å². The summed E-state index contributed by atoms with van der Waals surface area (Å²) >= 11 is 0. The SMILES string of the molecule is O=C(Nc1ccc(OCCn2ccnn2)cc1)c1cnc(Oc2ccccc2)nc1. The van der Waals surface area contributed by atoms with E-state index in [-0.39, 0.29) is 11.9 Å². The molecule has 9 nitrogen and oxygen atoms in total. The van der Waals surface area contributed by atoms with Crippen LogP contribution in [0.4, 0.5) is 5.69 Å². The van der Waals surface area contributed by atoms with Crippen LogP contribution in [0.1, 0.15) is 10.4 Å². The van der Waals surface area contributed by atoms with E-state index in [4.69, 9.17) is 9.47 Å². The standard InChI is InChI=1S/C21H18N6O3/c28-20(16-14-22-21(23-15-16)30-19-4-2-1-3-5-19)25-17-6-8-18(9-7-17)29-13-12-27-11-10-24-26-27/h1-11,14-15H,12-13H2,(H,25,28). The predicted octanol–water partition coefficient (Wildman–Crippen LogP) is 3.19. The molecule has 0 aliphatic rings. The van der Waals surface area contributed by atoms with Crippen LogP contribution >= 0.6 is 0 Å². The predicted molar refractivity (Wildman–Crippen MR) is 108 cm³/mol. The zero-order valence-corrected chi connectivity index (χ0v) is 15.9. The fraction of sp³-hybridized carbons (Fsp3) is 0.0952. The topological polar surface area (TPSA) is 104 Å². The number of nitrogens with one attached hydrogen (secondary N) is 1. The van der Waals surface area contributed by atoms with Crippen molar-refractivity contribution < 1.29 is 14.3 Å². The van der Waals surface area contributed by atoms with Gasteiger partial charge in [-0.1, -0.05) is 23.4 Å². The Balaban J connectivity index is 1.28. The highest BCUT2D eigenvalue weighted by Crippen LogP contribution is 2.18. The second-order valence-electron chi connectivity index (χ2n) is 6.16. The number of amides is 1. The Kier molecular flexibility index (Phi) is 5.90. The zero-order valence-electron chi connectivity index (χ0n) is 15.9. The van der Waals surface area contributed by atoms with Crippen LogP contribution in [0.2, 0.25) is 0 Å². The smallest absolute Gasteiger partial charge is 0.321 e. The van der Waals surface area contributed by atoms with Crippen molar-refractivity contribution in [1.29, 1.82) is 0 Å². The molecule has 30 heavy (non-hydrogen) atoms. The maximum Gasteiger partial charge on any atom is 0.321 e. The number of aromatic nitrogens is 5. The Bertz CT molecular complexity index is 1070. The fourth-order valence-electron chi connectivity index (χ4n) is 2.53. The first-order valence-corrected chi connectivity index (χ1v) is 9.19. The molecule has 0 aliphatic carbocycles. The molecule has 2 heterocycles. The number of para-hydroxylation sites is 1. The van der Waals surface area contributed by atoms with Crippen molar-refractivity contribution in [3.8, 4) is 17.5 Å². The molecule has 0 aliphatic heterocycles. The van der Waals surface area contributed by atoms with E-state index in [1.165, 1.54) is 12.4 Å². The summed E-state index contributed by atoms with van der Waals surface area (Å²) in [4.78, 5) is 20.6. The summed E-state index contributed by atoms with van der Waals surface area (Å²) in [7, 11) is 0. The van der Waals surface area contributed by atoms with Gasteiger partial charge in [-0.05, 0) is 36.4 Å². The molecule has 4 rings (SSSR count). The van der Waals surface area contributed by atoms with Crippen LogP contribution in [-0.2, 0) is 6.54 Å². The molecule has 9 heteroatoms. The molecule has 0 radical (unpaired) electrons. The van der Waals surface area contributed by atoms with Crippen LogP contribution in [0, 0.1) is 0 Å². The summed E-state index contributed by atoms with van der Waals surface area (Å²) in [5, 5.41) is 10.4. The molecule has 150 valence electrons. The Hall–Kier alpha value is -4.27. The highest BCUT2D eigenvalue weighted by Gasteiger charge is 2.09. The van der Waals surface area contributed by atoms with E-state index in [0.717, 1.165) is 0 Å². The van der Waals surface area contributed by atoms with Gasteiger partial charge in [-0.2, -0.15) is 0 Å². The molecular weight excluding hydrogens is 384 g/mol. The number of carbonyl (C=O) groups excluding carboxylic acids is 1. The molecule has 0 unspecified atom stereocenters. The van der Waals surface area contributed by atoms with Gasteiger partial charge >= 0.3 is 6.01 Å². The van der Waals surface area contributed by atoms with Gasteiger partial charge in [0.1, 0.15) is 18.1 Å². The maximum atomic E-state index is 12.4. The van der Waals surface area contributed by atoms with E-state index in [1.807, 2.05) is 18.2 Å². The second kappa shape index (κ2) is 9.28. The molecule has 2 aromatic heterocycles. The quantitative estimate of drug-likeness (QED) is 0.483. The van der Waals surface area contributed by atoms with Gasteiger partial charge in [0.2, 0.25) is 0 Å². The van der Waals surface area contributed by atoms with Crippen LogP contribution in [0.25, 0.3) is 0 Å². The van der Waals surface area contributed by atoms with E-state index in [0.29, 0.717) is 35.9 Å². The third-order valence-electron chi connectivity index (χ3n) is 4.02. The molecular formula is C21H18N6O3. The maximum absolute atomic E-state index is 12.4. The zero-order chi connectivity index (χ0) is 20.6. The van der Waals surface area contributed by atoms with Gasteiger partial charge in [-0.15, -0.1) is 5.10 Å². The van der Waals surface area contributed by atoms with Crippen LogP contribution in [0.3, 0.4) is 0 Å². The van der Waals surface area contributed by atoms with Gasteiger partial charge in [0.15, 0.2) is 0 Å². The van der Waals surface area contributed by atoms with Crippen LogP contribution in [-0.4, -0.2) is 37.5 Å². The van der Waals surface area contributed by atoms with Gasteiger partial charge in [0.25, 0.3) is 5.91 Å². The lowest BCUT2D eigenvalue weighted by molar-refractivity contribution is 0.102. The van der Waals surface area contributed by atoms with Crippen LogP contribution in [0.5, 0.6) is 17.5 Å². The van der Waals surface area contributed by atoms with Crippen LogP contribution < -0.4 is 14.8 Å². The van der Waals surface area contributed by atoms with E-state index >= 15 is 0 Å². The van der Waals surface area contributed by atoms with Crippen molar-refractivity contribution in [2.45, 2.75) is 6.54 Å². The number of carbonyl (C=O) groups is 1. The first kappa shape index (κ1) is 19.1. The van der Waals surface area contributed by atoms with Crippen LogP contribution in [0.15, 0.2) is 79.4 Å². The first-order valence-electron chi connectivity index (χ1n) is 9.19. The van der Waals surface area contributed by atoms with Crippen molar-refractivity contribution >= 4 is 11.6 Å². The van der Waals surface area contributed by atoms with E-state index in [1.54, 1.807) is 53.5 Å². The molecule has 4 aromatic rings. The number of hydrogen-bond acceptors (Lipinski definition) is 7. The number of rotatable bonds is 8. The Morgan fingerprint density at radius 3 is 2.43 bits per heavy atom. The Labute approximate surface area is 172 Å². The first-order chi connectivity index (χ1) is 14.8. The van der Waals surface area contributed by atoms with Gasteiger partial charge in [-0.25, -0.2) is 14.6 Å². The molecule has 0 fully saturated rings. The third-order valence-corrected chi connectivity index (χ3v) is 4.02. The average Bonchev–Trinajstić information content (AvgIpc) is 3.30. The molecule has 0 bridgehead atoms. The minimum absolute atomic E-state index is 0.171. The number of benzene rings is 2. The van der Waals surface area contributed by atoms with E-state index in [2.05, 4.69) is 25.6 Å². The summed E-state index contributed by atoms with van der Waals surface area (Å²) < 4.78 is 12.9. The van der Waals surface area contributed by atoms with Gasteiger partial charge in [0, 0.05) is 24.3 Å². The molecule has 0 atom stereocenters. The van der Waals surface area contributed by atoms with Crippen molar-refractivity contribution in [1.82, 2.24) is 25.0 Å². The number of anilines is 1. The second-order valence-corrected chi connectivity index (χ2v) is 6.16. The van der Waals surface area contributed by atoms with E-state index < -0.39 is 0 Å². The average molecular weight is 402 g/mol. The monoisotopic (exact) mass is 402 g/mol. The summed E-state index contributed by atoms with van der Waals surface area (Å²) in [6, 6.07) is 16.4. The molecule has 0 saturated heterocycles. The molecule has 1 N–H and O–H groups in total. The fourth-order valence-corrected chi connectivity index (χ4v) is 2.53. The summed E-state index contributed by atoms with van der Waals surface area (Å²) in [5.74, 6) is 0.998.